The molecule has 2 fully saturated rings. The minimum atomic E-state index is -0.462. The van der Waals surface area contributed by atoms with E-state index < -0.39 is 18.3 Å². The van der Waals surface area contributed by atoms with Gasteiger partial charge in [0.05, 0.1) is 22.8 Å². The maximum absolute atomic E-state index is 9.19. The fraction of sp³-hybridized carbons (Fsp3) is 0.562. The first-order valence-corrected chi connectivity index (χ1v) is 7.72. The Balaban J connectivity index is 2.06. The van der Waals surface area contributed by atoms with Gasteiger partial charge in [0.2, 0.25) is 0 Å². The van der Waals surface area contributed by atoms with Crippen LogP contribution in [0.25, 0.3) is 0 Å². The number of nitriles is 1. The van der Waals surface area contributed by atoms with E-state index in [0.717, 1.165) is 23.9 Å². The number of nitrogens with zero attached hydrogens (tertiary/aromatic N) is 1. The SMILES string of the molecule is CC1(C)OB(c2cc(C#N)cc(Cl)c2C2CC2)OC1(C)C. The molecule has 1 heterocycles. The Morgan fingerprint density at radius 3 is 2.24 bits per heavy atom. The van der Waals surface area contributed by atoms with Crippen molar-refractivity contribution in [3.8, 4) is 6.07 Å². The van der Waals surface area contributed by atoms with Gasteiger partial charge in [-0.3, -0.25) is 0 Å². The van der Waals surface area contributed by atoms with Crippen molar-refractivity contribution >= 4 is 24.2 Å². The molecule has 1 aliphatic heterocycles. The molecule has 1 aromatic carbocycles. The molecule has 0 aromatic heterocycles. The molecule has 0 spiro atoms. The smallest absolute Gasteiger partial charge is 0.399 e. The van der Waals surface area contributed by atoms with Crippen molar-refractivity contribution in [3.05, 3.63) is 28.3 Å². The van der Waals surface area contributed by atoms with Crippen LogP contribution in [0.5, 0.6) is 0 Å². The Bertz CT molecular complexity index is 616. The topological polar surface area (TPSA) is 42.2 Å². The summed E-state index contributed by atoms with van der Waals surface area (Å²) in [6.45, 7) is 8.11. The van der Waals surface area contributed by atoms with Crippen LogP contribution >= 0.6 is 11.6 Å². The van der Waals surface area contributed by atoms with Crippen LogP contribution in [0.1, 0.15) is 57.6 Å². The van der Waals surface area contributed by atoms with Crippen molar-refractivity contribution in [2.75, 3.05) is 0 Å². The average molecular weight is 304 g/mol. The van der Waals surface area contributed by atoms with Gasteiger partial charge >= 0.3 is 7.12 Å². The first-order chi connectivity index (χ1) is 9.75. The Morgan fingerprint density at radius 2 is 1.76 bits per heavy atom. The van der Waals surface area contributed by atoms with Gasteiger partial charge < -0.3 is 9.31 Å². The van der Waals surface area contributed by atoms with Gasteiger partial charge in [-0.1, -0.05) is 11.6 Å². The summed E-state index contributed by atoms with van der Waals surface area (Å²) in [5, 5.41) is 9.84. The summed E-state index contributed by atoms with van der Waals surface area (Å²) < 4.78 is 12.3. The molecule has 110 valence electrons. The molecule has 5 heteroatoms. The van der Waals surface area contributed by atoms with E-state index in [9.17, 15) is 5.26 Å². The quantitative estimate of drug-likeness (QED) is 0.787. The summed E-state index contributed by atoms with van der Waals surface area (Å²) in [6, 6.07) is 5.77. The molecule has 1 saturated carbocycles. The Labute approximate surface area is 131 Å². The van der Waals surface area contributed by atoms with Crippen LogP contribution in [0, 0.1) is 11.3 Å². The molecule has 0 atom stereocenters. The molecule has 1 aromatic rings. The molecule has 1 aliphatic carbocycles. The lowest BCUT2D eigenvalue weighted by molar-refractivity contribution is 0.00578. The molecule has 0 radical (unpaired) electrons. The summed E-state index contributed by atoms with van der Waals surface area (Å²) in [7, 11) is -0.462. The third-order valence-corrected chi connectivity index (χ3v) is 5.10. The zero-order chi connectivity index (χ0) is 15.4. The van der Waals surface area contributed by atoms with Crippen LogP contribution in [0.15, 0.2) is 12.1 Å². The minimum Gasteiger partial charge on any atom is -0.399 e. The lowest BCUT2D eigenvalue weighted by atomic mass is 9.74. The molecule has 2 aliphatic rings. The standard InChI is InChI=1S/C16H19BClNO2/c1-15(2)16(3,4)21-17(20-15)12-7-10(9-19)8-13(18)14(12)11-5-6-11/h7-8,11H,5-6H2,1-4H3. The van der Waals surface area contributed by atoms with Crippen LogP contribution in [-0.4, -0.2) is 18.3 Å². The molecule has 21 heavy (non-hydrogen) atoms. The predicted octanol–water partition coefficient (Wildman–Crippen LogP) is 3.39. The number of hydrogen-bond donors (Lipinski definition) is 0. The predicted molar refractivity (Wildman–Crippen MR) is 83.9 cm³/mol. The first-order valence-electron chi connectivity index (χ1n) is 7.34. The number of rotatable bonds is 2. The van der Waals surface area contributed by atoms with E-state index in [2.05, 4.69) is 6.07 Å². The highest BCUT2D eigenvalue weighted by Crippen LogP contribution is 2.44. The number of halogens is 1. The molecule has 0 N–H and O–H groups in total. The van der Waals surface area contributed by atoms with E-state index in [1.807, 2.05) is 33.8 Å². The fourth-order valence-corrected chi connectivity index (χ4v) is 3.05. The monoisotopic (exact) mass is 303 g/mol. The second kappa shape index (κ2) is 4.74. The van der Waals surface area contributed by atoms with Crippen molar-refractivity contribution in [1.82, 2.24) is 0 Å². The van der Waals surface area contributed by atoms with Gasteiger partial charge in [-0.05, 0) is 69.6 Å². The fourth-order valence-electron chi connectivity index (χ4n) is 2.67. The molecule has 3 nitrogen and oxygen atoms in total. The zero-order valence-electron chi connectivity index (χ0n) is 12.9. The molecule has 0 amide bonds. The molecule has 0 unspecified atom stereocenters. The van der Waals surface area contributed by atoms with Crippen LogP contribution < -0.4 is 5.46 Å². The molecule has 1 saturated heterocycles. The van der Waals surface area contributed by atoms with Crippen molar-refractivity contribution in [2.45, 2.75) is 57.7 Å². The summed E-state index contributed by atoms with van der Waals surface area (Å²) >= 11 is 6.41. The molecular weight excluding hydrogens is 284 g/mol. The van der Waals surface area contributed by atoms with E-state index in [1.54, 1.807) is 6.07 Å². The van der Waals surface area contributed by atoms with Gasteiger partial charge in [0.25, 0.3) is 0 Å². The van der Waals surface area contributed by atoms with Gasteiger partial charge in [-0.15, -0.1) is 0 Å². The average Bonchev–Trinajstić information content (AvgIpc) is 3.16. The highest BCUT2D eigenvalue weighted by atomic mass is 35.5. The van der Waals surface area contributed by atoms with Crippen LogP contribution in [-0.2, 0) is 9.31 Å². The van der Waals surface area contributed by atoms with Crippen molar-refractivity contribution in [3.63, 3.8) is 0 Å². The normalized spacial score (nSPS) is 23.1. The van der Waals surface area contributed by atoms with Crippen LogP contribution in [0.2, 0.25) is 5.02 Å². The second-order valence-corrected chi connectivity index (χ2v) is 7.34. The van der Waals surface area contributed by atoms with Gasteiger partial charge in [-0.25, -0.2) is 0 Å². The first kappa shape index (κ1) is 14.9. The number of benzene rings is 1. The highest BCUT2D eigenvalue weighted by Gasteiger charge is 2.53. The summed E-state index contributed by atoms with van der Waals surface area (Å²) in [5.41, 5.74) is 1.77. The van der Waals surface area contributed by atoms with Gasteiger partial charge in [0.15, 0.2) is 0 Å². The largest absolute Gasteiger partial charge is 0.495 e. The van der Waals surface area contributed by atoms with Gasteiger partial charge in [-0.2, -0.15) is 5.26 Å². The third kappa shape index (κ3) is 2.48. The maximum Gasteiger partial charge on any atom is 0.495 e. The number of hydrogen-bond acceptors (Lipinski definition) is 3. The summed E-state index contributed by atoms with van der Waals surface area (Å²) in [4.78, 5) is 0. The lowest BCUT2D eigenvalue weighted by Crippen LogP contribution is -2.41. The zero-order valence-corrected chi connectivity index (χ0v) is 13.6. The van der Waals surface area contributed by atoms with E-state index in [0.29, 0.717) is 16.5 Å². The summed E-state index contributed by atoms with van der Waals surface area (Å²) in [6.07, 6.45) is 2.27. The van der Waals surface area contributed by atoms with E-state index in [-0.39, 0.29) is 0 Å². The highest BCUT2D eigenvalue weighted by molar-refractivity contribution is 6.63. The maximum atomic E-state index is 9.19. The Kier molecular flexibility index (Phi) is 3.37. The molecule has 3 rings (SSSR count). The lowest BCUT2D eigenvalue weighted by Gasteiger charge is -2.32. The minimum absolute atomic E-state index is 0.395. The van der Waals surface area contributed by atoms with Crippen molar-refractivity contribution in [1.29, 1.82) is 5.26 Å². The Hall–Kier alpha value is -1.02. The third-order valence-electron chi connectivity index (χ3n) is 4.78. The molecular formula is C16H19BClNO2. The second-order valence-electron chi connectivity index (χ2n) is 6.94. The van der Waals surface area contributed by atoms with E-state index in [1.165, 1.54) is 0 Å². The van der Waals surface area contributed by atoms with Gasteiger partial charge in [0, 0.05) is 5.02 Å². The van der Waals surface area contributed by atoms with Crippen molar-refractivity contribution in [2.24, 2.45) is 0 Å². The van der Waals surface area contributed by atoms with Crippen LogP contribution in [0.4, 0.5) is 0 Å². The van der Waals surface area contributed by atoms with Crippen molar-refractivity contribution < 1.29 is 9.31 Å². The van der Waals surface area contributed by atoms with E-state index in [4.69, 9.17) is 20.9 Å². The summed E-state index contributed by atoms with van der Waals surface area (Å²) in [5.74, 6) is 0.472. The molecule has 0 bridgehead atoms. The Morgan fingerprint density at radius 1 is 1.19 bits per heavy atom. The van der Waals surface area contributed by atoms with Gasteiger partial charge in [0.1, 0.15) is 0 Å². The van der Waals surface area contributed by atoms with Crippen LogP contribution in [0.3, 0.4) is 0 Å². The van der Waals surface area contributed by atoms with E-state index >= 15 is 0 Å².